The van der Waals surface area contributed by atoms with Crippen molar-refractivity contribution in [2.24, 2.45) is 5.73 Å². The average molecular weight is 251 g/mol. The van der Waals surface area contributed by atoms with Gasteiger partial charge in [-0.25, -0.2) is 4.79 Å². The van der Waals surface area contributed by atoms with Crippen LogP contribution in [0.2, 0.25) is 0 Å². The van der Waals surface area contributed by atoms with Gasteiger partial charge >= 0.3 is 5.97 Å². The molecule has 2 rings (SSSR count). The lowest BCUT2D eigenvalue weighted by molar-refractivity contribution is 0.00668. The summed E-state index contributed by atoms with van der Waals surface area (Å²) in [7, 11) is 0. The predicted molar refractivity (Wildman–Crippen MR) is 68.2 cm³/mol. The maximum Gasteiger partial charge on any atom is 0.342 e. The third-order valence-corrected chi connectivity index (χ3v) is 2.96. The molecule has 0 saturated heterocycles. The number of esters is 1. The number of rotatable bonds is 2. The molecule has 2 heterocycles. The minimum Gasteiger partial charge on any atom is -0.456 e. The van der Waals surface area contributed by atoms with Gasteiger partial charge in [0.05, 0.1) is 11.4 Å². The van der Waals surface area contributed by atoms with Crippen LogP contribution in [0.3, 0.4) is 0 Å². The van der Waals surface area contributed by atoms with Crippen LogP contribution in [0, 0.1) is 0 Å². The van der Waals surface area contributed by atoms with Crippen LogP contribution in [0.1, 0.15) is 55.4 Å². The largest absolute Gasteiger partial charge is 0.456 e. The first-order valence-corrected chi connectivity index (χ1v) is 6.44. The summed E-state index contributed by atoms with van der Waals surface area (Å²) in [4.78, 5) is 12.2. The molecule has 2 N–H and O–H groups in total. The zero-order chi connectivity index (χ0) is 13.3. The molecule has 0 bridgehead atoms. The normalized spacial score (nSPS) is 15.3. The topological polar surface area (TPSA) is 70.1 Å². The quantitative estimate of drug-likeness (QED) is 0.811. The number of nitrogens with two attached hydrogens (primary N) is 1. The van der Waals surface area contributed by atoms with E-state index < -0.39 is 5.60 Å². The van der Waals surface area contributed by atoms with Crippen molar-refractivity contribution in [2.75, 3.05) is 0 Å². The second-order valence-corrected chi connectivity index (χ2v) is 5.65. The highest BCUT2D eigenvalue weighted by molar-refractivity contribution is 5.92. The Morgan fingerprint density at radius 3 is 2.78 bits per heavy atom. The fourth-order valence-corrected chi connectivity index (χ4v) is 2.25. The smallest absolute Gasteiger partial charge is 0.342 e. The van der Waals surface area contributed by atoms with E-state index in [9.17, 15) is 4.79 Å². The Hall–Kier alpha value is -1.36. The summed E-state index contributed by atoms with van der Waals surface area (Å²) in [5, 5.41) is 4.41. The highest BCUT2D eigenvalue weighted by Gasteiger charge is 2.28. The molecule has 0 unspecified atom stereocenters. The summed E-state index contributed by atoms with van der Waals surface area (Å²) in [6, 6.07) is 0. The molecular formula is C13H21N3O2. The molecule has 0 aromatic carbocycles. The highest BCUT2D eigenvalue weighted by atomic mass is 16.6. The lowest BCUT2D eigenvalue weighted by Crippen LogP contribution is -2.25. The molecular weight excluding hydrogens is 230 g/mol. The van der Waals surface area contributed by atoms with Gasteiger partial charge in [-0.05, 0) is 40.0 Å². The molecule has 1 aliphatic rings. The van der Waals surface area contributed by atoms with Crippen LogP contribution in [0.4, 0.5) is 0 Å². The van der Waals surface area contributed by atoms with Crippen molar-refractivity contribution in [3.05, 3.63) is 17.0 Å². The third-order valence-electron chi connectivity index (χ3n) is 2.96. The van der Waals surface area contributed by atoms with Crippen LogP contribution < -0.4 is 5.73 Å². The van der Waals surface area contributed by atoms with Gasteiger partial charge in [0.1, 0.15) is 11.2 Å². The molecule has 1 aromatic heterocycles. The van der Waals surface area contributed by atoms with E-state index in [4.69, 9.17) is 10.5 Å². The number of hydrogen-bond acceptors (Lipinski definition) is 4. The van der Waals surface area contributed by atoms with Crippen molar-refractivity contribution in [3.8, 4) is 0 Å². The van der Waals surface area contributed by atoms with Crippen LogP contribution >= 0.6 is 0 Å². The number of nitrogens with zero attached hydrogens (tertiary/aromatic N) is 2. The van der Waals surface area contributed by atoms with E-state index in [1.54, 1.807) is 0 Å². The molecule has 5 heteroatoms. The number of aromatic nitrogens is 2. The van der Waals surface area contributed by atoms with Crippen LogP contribution in [-0.2, 0) is 24.2 Å². The lowest BCUT2D eigenvalue weighted by atomic mass is 10.0. The van der Waals surface area contributed by atoms with Crippen molar-refractivity contribution in [3.63, 3.8) is 0 Å². The molecule has 1 aliphatic heterocycles. The first-order valence-electron chi connectivity index (χ1n) is 6.44. The fourth-order valence-electron chi connectivity index (χ4n) is 2.25. The number of hydrogen-bond donors (Lipinski definition) is 1. The van der Waals surface area contributed by atoms with Crippen LogP contribution in [0.15, 0.2) is 0 Å². The van der Waals surface area contributed by atoms with E-state index in [0.29, 0.717) is 11.3 Å². The Morgan fingerprint density at radius 1 is 1.44 bits per heavy atom. The molecule has 0 fully saturated rings. The van der Waals surface area contributed by atoms with Gasteiger partial charge in [0.2, 0.25) is 0 Å². The average Bonchev–Trinajstić information content (AvgIpc) is 2.64. The van der Waals surface area contributed by atoms with E-state index in [1.807, 2.05) is 25.5 Å². The first kappa shape index (κ1) is 13.1. The van der Waals surface area contributed by atoms with Crippen molar-refractivity contribution >= 4 is 5.97 Å². The van der Waals surface area contributed by atoms with Crippen molar-refractivity contribution in [1.29, 1.82) is 0 Å². The van der Waals surface area contributed by atoms with E-state index in [0.717, 1.165) is 31.5 Å². The molecule has 0 saturated carbocycles. The van der Waals surface area contributed by atoms with Gasteiger partial charge in [0.25, 0.3) is 0 Å². The van der Waals surface area contributed by atoms with Gasteiger partial charge in [-0.15, -0.1) is 0 Å². The summed E-state index contributed by atoms with van der Waals surface area (Å²) in [5.41, 5.74) is 7.41. The zero-order valence-corrected chi connectivity index (χ0v) is 11.3. The number of aryl methyl sites for hydroxylation is 1. The second-order valence-electron chi connectivity index (χ2n) is 5.65. The molecule has 100 valence electrons. The Bertz CT molecular complexity index is 458. The lowest BCUT2D eigenvalue weighted by Gasteiger charge is -2.20. The minimum atomic E-state index is -0.494. The van der Waals surface area contributed by atoms with Crippen LogP contribution in [0.5, 0.6) is 0 Å². The Labute approximate surface area is 107 Å². The van der Waals surface area contributed by atoms with E-state index in [-0.39, 0.29) is 12.5 Å². The van der Waals surface area contributed by atoms with E-state index >= 15 is 0 Å². The summed E-state index contributed by atoms with van der Waals surface area (Å²) >= 11 is 0. The van der Waals surface area contributed by atoms with Gasteiger partial charge in [-0.1, -0.05) is 0 Å². The van der Waals surface area contributed by atoms with Gasteiger partial charge in [0.15, 0.2) is 0 Å². The molecule has 0 amide bonds. The Balaban J connectivity index is 2.36. The van der Waals surface area contributed by atoms with Crippen molar-refractivity contribution in [2.45, 2.75) is 58.7 Å². The van der Waals surface area contributed by atoms with Gasteiger partial charge < -0.3 is 10.5 Å². The third kappa shape index (κ3) is 2.56. The summed E-state index contributed by atoms with van der Waals surface area (Å²) in [6.07, 6.45) is 3.07. The monoisotopic (exact) mass is 251 g/mol. The molecule has 5 nitrogen and oxygen atoms in total. The summed E-state index contributed by atoms with van der Waals surface area (Å²) in [5.74, 6) is -0.300. The number of carbonyl (C=O) groups is 1. The first-order chi connectivity index (χ1) is 8.42. The van der Waals surface area contributed by atoms with Crippen LogP contribution in [-0.4, -0.2) is 21.4 Å². The molecule has 0 atom stereocenters. The molecule has 1 aromatic rings. The van der Waals surface area contributed by atoms with Gasteiger partial charge in [-0.3, -0.25) is 4.68 Å². The number of ether oxygens (including phenoxy) is 1. The van der Waals surface area contributed by atoms with Gasteiger partial charge in [0, 0.05) is 13.1 Å². The maximum atomic E-state index is 12.2. The molecule has 18 heavy (non-hydrogen) atoms. The van der Waals surface area contributed by atoms with Crippen molar-refractivity contribution < 1.29 is 9.53 Å². The van der Waals surface area contributed by atoms with E-state index in [1.165, 1.54) is 0 Å². The van der Waals surface area contributed by atoms with Crippen molar-refractivity contribution in [1.82, 2.24) is 9.78 Å². The Morgan fingerprint density at radius 2 is 2.17 bits per heavy atom. The second kappa shape index (κ2) is 4.72. The maximum absolute atomic E-state index is 12.2. The van der Waals surface area contributed by atoms with Crippen LogP contribution in [0.25, 0.3) is 0 Å². The molecule has 0 radical (unpaired) electrons. The zero-order valence-electron chi connectivity index (χ0n) is 11.3. The van der Waals surface area contributed by atoms with E-state index in [2.05, 4.69) is 5.10 Å². The predicted octanol–water partition coefficient (Wildman–Crippen LogP) is 1.63. The minimum absolute atomic E-state index is 0.272. The number of fused-ring (bicyclic) bond motifs is 1. The SMILES string of the molecule is CC(C)(C)OC(=O)c1c(CN)nn2c1CCCC2. The highest BCUT2D eigenvalue weighted by Crippen LogP contribution is 2.24. The standard InChI is InChI=1S/C13H21N3O2/c1-13(2,3)18-12(17)11-9(8-14)15-16-7-5-4-6-10(11)16/h4-8,14H2,1-3H3. The fraction of sp³-hybridized carbons (Fsp3) is 0.692. The summed E-state index contributed by atoms with van der Waals surface area (Å²) < 4.78 is 7.35. The Kier molecular flexibility index (Phi) is 3.43. The van der Waals surface area contributed by atoms with Gasteiger partial charge in [-0.2, -0.15) is 5.10 Å². The summed E-state index contributed by atoms with van der Waals surface area (Å²) in [6.45, 7) is 6.73. The molecule has 0 spiro atoms. The number of carbonyl (C=O) groups excluding carboxylic acids is 1. The molecule has 0 aliphatic carbocycles.